The molecule has 1 atom stereocenters. The molecule has 0 aromatic carbocycles. The summed E-state index contributed by atoms with van der Waals surface area (Å²) in [7, 11) is 0. The molecule has 1 amide bonds. The fourth-order valence-electron chi connectivity index (χ4n) is 4.87. The molecule has 21 heavy (non-hydrogen) atoms. The molecule has 3 aliphatic rings. The molecular weight excluding hydrogens is 260 g/mol. The summed E-state index contributed by atoms with van der Waals surface area (Å²) in [5.74, 6) is 1.48. The number of amides is 1. The molecule has 0 aromatic heterocycles. The van der Waals surface area contributed by atoms with Gasteiger partial charge in [0, 0.05) is 6.54 Å². The summed E-state index contributed by atoms with van der Waals surface area (Å²) in [4.78, 5) is 15.3. The van der Waals surface area contributed by atoms with Crippen molar-refractivity contribution in [3.63, 3.8) is 0 Å². The molecule has 3 rings (SSSR count). The molecule has 1 heterocycles. The van der Waals surface area contributed by atoms with E-state index < -0.39 is 0 Å². The van der Waals surface area contributed by atoms with Crippen LogP contribution in [-0.2, 0) is 4.79 Å². The molecular formula is C18H32N2O. The minimum atomic E-state index is -0.224. The van der Waals surface area contributed by atoms with Crippen LogP contribution in [0, 0.1) is 22.7 Å². The van der Waals surface area contributed by atoms with Gasteiger partial charge in [0.1, 0.15) is 0 Å². The number of hydrogen-bond donors (Lipinski definition) is 1. The van der Waals surface area contributed by atoms with Gasteiger partial charge in [-0.3, -0.25) is 10.1 Å². The largest absolute Gasteiger partial charge is 0.325 e. The van der Waals surface area contributed by atoms with Crippen LogP contribution in [0.2, 0.25) is 0 Å². The topological polar surface area (TPSA) is 32.3 Å². The van der Waals surface area contributed by atoms with Gasteiger partial charge in [0.2, 0.25) is 5.91 Å². The van der Waals surface area contributed by atoms with Gasteiger partial charge in [-0.2, -0.15) is 0 Å². The van der Waals surface area contributed by atoms with Crippen molar-refractivity contribution >= 4 is 5.91 Å². The summed E-state index contributed by atoms with van der Waals surface area (Å²) in [5.41, 5.74) is 0.471. The molecule has 1 saturated heterocycles. The molecule has 0 aromatic rings. The Morgan fingerprint density at radius 1 is 1.14 bits per heavy atom. The third-order valence-corrected chi connectivity index (χ3v) is 7.22. The van der Waals surface area contributed by atoms with Crippen molar-refractivity contribution in [2.24, 2.45) is 22.7 Å². The van der Waals surface area contributed by atoms with E-state index in [-0.39, 0.29) is 11.7 Å². The van der Waals surface area contributed by atoms with Gasteiger partial charge >= 0.3 is 0 Å². The number of rotatable bonds is 3. The Balaban J connectivity index is 1.81. The van der Waals surface area contributed by atoms with E-state index in [2.05, 4.69) is 51.8 Å². The standard InChI is InChI=1S/C18H32N2O/c1-12(2)14-19-18(9-7-8-10-18)15(21)20(14)11-13-16(3,4)17(13,5)6/h12-14,19H,7-11H2,1-6H3. The molecule has 3 fully saturated rings. The Kier molecular flexibility index (Phi) is 3.26. The van der Waals surface area contributed by atoms with Crippen molar-refractivity contribution in [2.75, 3.05) is 6.54 Å². The third-order valence-electron chi connectivity index (χ3n) is 7.22. The molecule has 2 aliphatic carbocycles. The van der Waals surface area contributed by atoms with Crippen molar-refractivity contribution in [1.29, 1.82) is 0 Å². The zero-order valence-electron chi connectivity index (χ0n) is 14.6. The Morgan fingerprint density at radius 3 is 2.10 bits per heavy atom. The van der Waals surface area contributed by atoms with Crippen LogP contribution in [0.3, 0.4) is 0 Å². The lowest BCUT2D eigenvalue weighted by Crippen LogP contribution is -2.45. The number of carbonyl (C=O) groups excluding carboxylic acids is 1. The summed E-state index contributed by atoms with van der Waals surface area (Å²) in [6, 6.07) is 0. The second-order valence-electron chi connectivity index (χ2n) is 9.08. The van der Waals surface area contributed by atoms with Crippen molar-refractivity contribution in [3.05, 3.63) is 0 Å². The number of nitrogens with zero attached hydrogens (tertiary/aromatic N) is 1. The van der Waals surface area contributed by atoms with Crippen molar-refractivity contribution in [1.82, 2.24) is 10.2 Å². The van der Waals surface area contributed by atoms with Gasteiger partial charge in [0.25, 0.3) is 0 Å². The zero-order chi connectivity index (χ0) is 15.6. The highest BCUT2D eigenvalue weighted by Gasteiger charge is 2.66. The minimum absolute atomic E-state index is 0.224. The Morgan fingerprint density at radius 2 is 1.67 bits per heavy atom. The molecule has 3 nitrogen and oxygen atoms in total. The van der Waals surface area contributed by atoms with E-state index in [0.717, 1.165) is 19.4 Å². The van der Waals surface area contributed by atoms with E-state index in [4.69, 9.17) is 0 Å². The fraction of sp³-hybridized carbons (Fsp3) is 0.944. The lowest BCUT2D eigenvalue weighted by atomic mass is 9.98. The first kappa shape index (κ1) is 15.3. The monoisotopic (exact) mass is 292 g/mol. The van der Waals surface area contributed by atoms with Crippen LogP contribution in [0.5, 0.6) is 0 Å². The number of carbonyl (C=O) groups is 1. The lowest BCUT2D eigenvalue weighted by Gasteiger charge is -2.28. The predicted octanol–water partition coefficient (Wildman–Crippen LogP) is 3.40. The molecule has 0 bridgehead atoms. The summed E-state index contributed by atoms with van der Waals surface area (Å²) < 4.78 is 0. The Labute approximate surface area is 129 Å². The van der Waals surface area contributed by atoms with E-state index in [1.54, 1.807) is 0 Å². The van der Waals surface area contributed by atoms with Crippen LogP contribution >= 0.6 is 0 Å². The lowest BCUT2D eigenvalue weighted by molar-refractivity contribution is -0.133. The average molecular weight is 292 g/mol. The van der Waals surface area contributed by atoms with Gasteiger partial charge in [-0.1, -0.05) is 54.4 Å². The summed E-state index contributed by atoms with van der Waals surface area (Å²) in [6.45, 7) is 14.8. The van der Waals surface area contributed by atoms with Crippen LogP contribution in [0.25, 0.3) is 0 Å². The smallest absolute Gasteiger partial charge is 0.244 e. The van der Waals surface area contributed by atoms with Crippen LogP contribution < -0.4 is 5.32 Å². The molecule has 2 saturated carbocycles. The van der Waals surface area contributed by atoms with E-state index in [9.17, 15) is 4.79 Å². The van der Waals surface area contributed by atoms with Crippen LogP contribution in [0.4, 0.5) is 0 Å². The molecule has 0 radical (unpaired) electrons. The van der Waals surface area contributed by atoms with Gasteiger partial charge in [-0.25, -0.2) is 0 Å². The maximum atomic E-state index is 13.1. The molecule has 1 N–H and O–H groups in total. The van der Waals surface area contributed by atoms with Gasteiger partial charge in [0.15, 0.2) is 0 Å². The van der Waals surface area contributed by atoms with Crippen molar-refractivity contribution < 1.29 is 4.79 Å². The second-order valence-corrected chi connectivity index (χ2v) is 9.08. The quantitative estimate of drug-likeness (QED) is 0.864. The average Bonchev–Trinajstić information content (AvgIpc) is 2.83. The van der Waals surface area contributed by atoms with Gasteiger partial charge in [-0.05, 0) is 35.5 Å². The highest BCUT2D eigenvalue weighted by atomic mass is 16.2. The van der Waals surface area contributed by atoms with E-state index >= 15 is 0 Å². The van der Waals surface area contributed by atoms with E-state index in [0.29, 0.717) is 28.6 Å². The summed E-state index contributed by atoms with van der Waals surface area (Å²) in [5, 5.41) is 3.73. The Bertz CT molecular complexity index is 432. The first-order chi connectivity index (χ1) is 9.63. The first-order valence-corrected chi connectivity index (χ1v) is 8.72. The molecule has 1 spiro atoms. The van der Waals surface area contributed by atoms with Crippen LogP contribution in [-0.4, -0.2) is 29.1 Å². The maximum absolute atomic E-state index is 13.1. The van der Waals surface area contributed by atoms with Gasteiger partial charge in [0.05, 0.1) is 11.7 Å². The van der Waals surface area contributed by atoms with Crippen molar-refractivity contribution in [2.45, 2.75) is 78.9 Å². The summed E-state index contributed by atoms with van der Waals surface area (Å²) in [6.07, 6.45) is 4.67. The SMILES string of the molecule is CC(C)C1NC2(CCCC2)C(=O)N1CC1C(C)(C)C1(C)C. The highest BCUT2D eigenvalue weighted by molar-refractivity contribution is 5.89. The minimum Gasteiger partial charge on any atom is -0.325 e. The second kappa shape index (κ2) is 4.47. The number of nitrogens with one attached hydrogen (secondary N) is 1. The first-order valence-electron chi connectivity index (χ1n) is 8.72. The van der Waals surface area contributed by atoms with E-state index in [1.165, 1.54) is 12.8 Å². The molecule has 3 heteroatoms. The molecule has 1 aliphatic heterocycles. The van der Waals surface area contributed by atoms with Crippen molar-refractivity contribution in [3.8, 4) is 0 Å². The van der Waals surface area contributed by atoms with Gasteiger partial charge in [-0.15, -0.1) is 0 Å². The number of hydrogen-bond acceptors (Lipinski definition) is 2. The summed E-state index contributed by atoms with van der Waals surface area (Å²) >= 11 is 0. The fourth-order valence-corrected chi connectivity index (χ4v) is 4.87. The third kappa shape index (κ3) is 1.99. The highest BCUT2D eigenvalue weighted by Crippen LogP contribution is 2.68. The van der Waals surface area contributed by atoms with Crippen LogP contribution in [0.15, 0.2) is 0 Å². The predicted molar refractivity (Wildman–Crippen MR) is 85.7 cm³/mol. The zero-order valence-corrected chi connectivity index (χ0v) is 14.6. The Hall–Kier alpha value is -0.570. The normalized spacial score (nSPS) is 33.4. The van der Waals surface area contributed by atoms with E-state index in [1.807, 2.05) is 0 Å². The maximum Gasteiger partial charge on any atom is 0.244 e. The molecule has 120 valence electrons. The van der Waals surface area contributed by atoms with Crippen LogP contribution in [0.1, 0.15) is 67.2 Å². The molecule has 1 unspecified atom stereocenters. The van der Waals surface area contributed by atoms with Gasteiger partial charge < -0.3 is 4.90 Å².